The van der Waals surface area contributed by atoms with Gasteiger partial charge in [0.25, 0.3) is 5.91 Å². The van der Waals surface area contributed by atoms with Crippen molar-refractivity contribution in [2.75, 3.05) is 14.2 Å². The summed E-state index contributed by atoms with van der Waals surface area (Å²) in [5.74, 6) is 1.43. The van der Waals surface area contributed by atoms with Crippen LogP contribution in [0.5, 0.6) is 11.5 Å². The maximum atomic E-state index is 13.0. The molecule has 25 heavy (non-hydrogen) atoms. The van der Waals surface area contributed by atoms with E-state index in [0.29, 0.717) is 17.5 Å². The number of methoxy groups -OCH3 is 2. The lowest BCUT2D eigenvalue weighted by Crippen LogP contribution is -2.38. The number of hydrogen-bond acceptors (Lipinski definition) is 5. The van der Waals surface area contributed by atoms with Crippen molar-refractivity contribution in [2.45, 2.75) is 45.7 Å². The Morgan fingerprint density at radius 2 is 1.92 bits per heavy atom. The van der Waals surface area contributed by atoms with E-state index in [2.05, 4.69) is 18.8 Å². The van der Waals surface area contributed by atoms with Crippen LogP contribution in [0.2, 0.25) is 0 Å². The molecule has 2 aromatic rings. The van der Waals surface area contributed by atoms with Crippen LogP contribution in [-0.2, 0) is 0 Å². The van der Waals surface area contributed by atoms with E-state index in [1.807, 2.05) is 30.0 Å². The topological polar surface area (TPSA) is 51.7 Å². The van der Waals surface area contributed by atoms with Crippen LogP contribution in [0, 0.1) is 6.92 Å². The van der Waals surface area contributed by atoms with E-state index in [-0.39, 0.29) is 11.9 Å². The van der Waals surface area contributed by atoms with E-state index in [1.54, 1.807) is 14.2 Å². The van der Waals surface area contributed by atoms with Gasteiger partial charge in [-0.25, -0.2) is 4.98 Å². The molecular weight excluding hydrogens is 336 g/mol. The molecule has 5 nitrogen and oxygen atoms in total. The van der Waals surface area contributed by atoms with Crippen LogP contribution in [0.3, 0.4) is 0 Å². The van der Waals surface area contributed by atoms with Gasteiger partial charge in [0, 0.05) is 17.6 Å². The smallest absolute Gasteiger partial charge is 0.266 e. The summed E-state index contributed by atoms with van der Waals surface area (Å²) in [6, 6.07) is 6.28. The second kappa shape index (κ2) is 7.04. The zero-order chi connectivity index (χ0) is 18.1. The number of carbonyl (C=O) groups excluding carboxylic acids is 1. The van der Waals surface area contributed by atoms with E-state index in [1.165, 1.54) is 11.3 Å². The van der Waals surface area contributed by atoms with E-state index < -0.39 is 0 Å². The fourth-order valence-corrected chi connectivity index (χ4v) is 3.99. The summed E-state index contributed by atoms with van der Waals surface area (Å²) in [5, 5.41) is 0.821. The molecular formula is C19H24N2O3S. The number of nitrogens with zero attached hydrogens (tertiary/aromatic N) is 2. The molecule has 0 radical (unpaired) electrons. The number of benzene rings is 1. The molecule has 3 rings (SSSR count). The Hall–Kier alpha value is -2.08. The van der Waals surface area contributed by atoms with Gasteiger partial charge in [-0.05, 0) is 51.8 Å². The van der Waals surface area contributed by atoms with Crippen LogP contribution in [0.1, 0.15) is 42.1 Å². The maximum absolute atomic E-state index is 13.0. The maximum Gasteiger partial charge on any atom is 0.266 e. The van der Waals surface area contributed by atoms with Crippen LogP contribution in [-0.4, -0.2) is 42.1 Å². The molecule has 134 valence electrons. The molecule has 1 fully saturated rings. The zero-order valence-corrected chi connectivity index (χ0v) is 16.1. The van der Waals surface area contributed by atoms with Crippen molar-refractivity contribution in [3.8, 4) is 22.1 Å². The highest BCUT2D eigenvalue weighted by Gasteiger charge is 2.36. The fourth-order valence-electron chi connectivity index (χ4n) is 2.98. The SMILES string of the molecule is COc1ccc(-c2nc(C)c(C(=O)N(C(C)C)C3CC3)s2)cc1OC. The molecule has 6 heteroatoms. The van der Waals surface area contributed by atoms with Crippen molar-refractivity contribution < 1.29 is 14.3 Å². The highest BCUT2D eigenvalue weighted by Crippen LogP contribution is 2.37. The number of rotatable bonds is 6. The minimum absolute atomic E-state index is 0.0965. The monoisotopic (exact) mass is 360 g/mol. The van der Waals surface area contributed by atoms with Crippen molar-refractivity contribution in [3.05, 3.63) is 28.8 Å². The Balaban J connectivity index is 1.93. The third-order valence-corrected chi connectivity index (χ3v) is 5.55. The predicted octanol–water partition coefficient (Wildman–Crippen LogP) is 4.15. The van der Waals surface area contributed by atoms with Gasteiger partial charge in [0.1, 0.15) is 9.88 Å². The van der Waals surface area contributed by atoms with Gasteiger partial charge in [0.05, 0.1) is 19.9 Å². The zero-order valence-electron chi connectivity index (χ0n) is 15.3. The van der Waals surface area contributed by atoms with Gasteiger partial charge in [-0.1, -0.05) is 0 Å². The Morgan fingerprint density at radius 3 is 2.48 bits per heavy atom. The lowest BCUT2D eigenvalue weighted by molar-refractivity contribution is 0.0694. The quantitative estimate of drug-likeness (QED) is 0.776. The van der Waals surface area contributed by atoms with Crippen LogP contribution in [0.25, 0.3) is 10.6 Å². The standard InChI is InChI=1S/C19H24N2O3S/c1-11(2)21(14-7-8-14)19(22)17-12(3)20-18(25-17)13-6-9-15(23-4)16(10-13)24-5/h6,9-11,14H,7-8H2,1-5H3. The largest absolute Gasteiger partial charge is 0.493 e. The summed E-state index contributed by atoms with van der Waals surface area (Å²) < 4.78 is 10.7. The van der Waals surface area contributed by atoms with E-state index >= 15 is 0 Å². The summed E-state index contributed by atoms with van der Waals surface area (Å²) in [6.45, 7) is 6.04. The Morgan fingerprint density at radius 1 is 1.24 bits per heavy atom. The van der Waals surface area contributed by atoms with Crippen LogP contribution >= 0.6 is 11.3 Å². The average Bonchev–Trinajstić information content (AvgIpc) is 3.34. The highest BCUT2D eigenvalue weighted by atomic mass is 32.1. The third-order valence-electron chi connectivity index (χ3n) is 4.35. The Labute approximate surface area is 152 Å². The van der Waals surface area contributed by atoms with Gasteiger partial charge >= 0.3 is 0 Å². The summed E-state index contributed by atoms with van der Waals surface area (Å²) in [5.41, 5.74) is 1.71. The number of aryl methyl sites for hydroxylation is 1. The van der Waals surface area contributed by atoms with E-state index in [9.17, 15) is 4.79 Å². The van der Waals surface area contributed by atoms with Crippen molar-refractivity contribution in [3.63, 3.8) is 0 Å². The van der Waals surface area contributed by atoms with Crippen LogP contribution in [0.4, 0.5) is 0 Å². The molecule has 0 bridgehead atoms. The molecule has 0 atom stereocenters. The van der Waals surface area contributed by atoms with Gasteiger partial charge in [-0.2, -0.15) is 0 Å². The van der Waals surface area contributed by atoms with Crippen LogP contribution in [0.15, 0.2) is 18.2 Å². The summed E-state index contributed by atoms with van der Waals surface area (Å²) >= 11 is 1.45. The molecule has 1 aromatic heterocycles. The molecule has 1 heterocycles. The minimum atomic E-state index is 0.0965. The number of amides is 1. The molecule has 0 N–H and O–H groups in total. The number of ether oxygens (including phenoxy) is 2. The molecule has 1 aromatic carbocycles. The normalized spacial score (nSPS) is 13.8. The first kappa shape index (κ1) is 17.7. The Bertz CT molecular complexity index is 779. The number of thiazole rings is 1. The van der Waals surface area contributed by atoms with Crippen molar-refractivity contribution in [2.24, 2.45) is 0 Å². The van der Waals surface area contributed by atoms with Crippen molar-refractivity contribution in [1.29, 1.82) is 0 Å². The van der Waals surface area contributed by atoms with Crippen molar-refractivity contribution >= 4 is 17.2 Å². The molecule has 1 amide bonds. The molecule has 1 saturated carbocycles. The number of hydrogen-bond donors (Lipinski definition) is 0. The second-order valence-corrected chi connectivity index (χ2v) is 7.54. The fraction of sp³-hybridized carbons (Fsp3) is 0.474. The lowest BCUT2D eigenvalue weighted by Gasteiger charge is -2.26. The number of carbonyl (C=O) groups is 1. The van der Waals surface area contributed by atoms with Gasteiger partial charge < -0.3 is 14.4 Å². The van der Waals surface area contributed by atoms with Gasteiger partial charge in [0.2, 0.25) is 0 Å². The molecule has 1 aliphatic rings. The minimum Gasteiger partial charge on any atom is -0.493 e. The van der Waals surface area contributed by atoms with Gasteiger partial charge in [-0.3, -0.25) is 4.79 Å². The van der Waals surface area contributed by atoms with Gasteiger partial charge in [-0.15, -0.1) is 11.3 Å². The van der Waals surface area contributed by atoms with E-state index in [4.69, 9.17) is 9.47 Å². The summed E-state index contributed by atoms with van der Waals surface area (Å²) in [7, 11) is 3.22. The first-order chi connectivity index (χ1) is 12.0. The molecule has 0 saturated heterocycles. The summed E-state index contributed by atoms with van der Waals surface area (Å²) in [4.78, 5) is 20.4. The van der Waals surface area contributed by atoms with Crippen molar-refractivity contribution in [1.82, 2.24) is 9.88 Å². The lowest BCUT2D eigenvalue weighted by atomic mass is 10.2. The molecule has 0 unspecified atom stereocenters. The second-order valence-electron chi connectivity index (χ2n) is 6.54. The Kier molecular flexibility index (Phi) is 4.99. The first-order valence-corrected chi connectivity index (χ1v) is 9.30. The van der Waals surface area contributed by atoms with Crippen LogP contribution < -0.4 is 9.47 Å². The highest BCUT2D eigenvalue weighted by molar-refractivity contribution is 7.17. The molecule has 0 aliphatic heterocycles. The number of aromatic nitrogens is 1. The summed E-state index contributed by atoms with van der Waals surface area (Å²) in [6.07, 6.45) is 2.20. The average molecular weight is 360 g/mol. The van der Waals surface area contributed by atoms with E-state index in [0.717, 1.165) is 34.0 Å². The first-order valence-electron chi connectivity index (χ1n) is 8.48. The molecule has 0 spiro atoms. The third kappa shape index (κ3) is 3.49. The van der Waals surface area contributed by atoms with Gasteiger partial charge in [0.15, 0.2) is 11.5 Å². The predicted molar refractivity (Wildman–Crippen MR) is 99.7 cm³/mol. The molecule has 1 aliphatic carbocycles.